The monoisotopic (exact) mass is 665 g/mol. The summed E-state index contributed by atoms with van der Waals surface area (Å²) in [4.78, 5) is 36.9. The molecule has 0 saturated carbocycles. The van der Waals surface area contributed by atoms with E-state index in [2.05, 4.69) is 0 Å². The highest BCUT2D eigenvalue weighted by Crippen LogP contribution is 2.29. The molecule has 14 nitrogen and oxygen atoms in total. The number of Topliss-reactive ketones (excluding diaryl/α,β-unsaturated/α-hetero) is 1. The topological polar surface area (TPSA) is 239 Å². The van der Waals surface area contributed by atoms with E-state index in [0.29, 0.717) is 6.42 Å². The van der Waals surface area contributed by atoms with Crippen LogP contribution in [0, 0.1) is 5.92 Å². The molecule has 0 aliphatic carbocycles. The smallest absolute Gasteiger partial charge is 0.330 e. The van der Waals surface area contributed by atoms with Gasteiger partial charge < -0.3 is 55.3 Å². The summed E-state index contributed by atoms with van der Waals surface area (Å²) >= 11 is 0. The molecule has 0 spiro atoms. The molecular formula is C33H47NO13. The van der Waals surface area contributed by atoms with E-state index >= 15 is 0 Å². The summed E-state index contributed by atoms with van der Waals surface area (Å²) in [5.41, 5.74) is 5.91. The Morgan fingerprint density at radius 1 is 0.872 bits per heavy atom. The van der Waals surface area contributed by atoms with Crippen LogP contribution < -0.4 is 5.73 Å². The molecule has 3 heterocycles. The maximum Gasteiger partial charge on any atom is 0.330 e. The third-order valence-corrected chi connectivity index (χ3v) is 8.05. The lowest BCUT2D eigenvalue weighted by Gasteiger charge is -2.41. The number of aliphatic hydroxyl groups is 5. The lowest BCUT2D eigenvalue weighted by molar-refractivity contribution is -0.277. The van der Waals surface area contributed by atoms with Crippen LogP contribution in [0.1, 0.15) is 46.0 Å². The van der Waals surface area contributed by atoms with Crippen molar-refractivity contribution in [2.24, 2.45) is 11.7 Å². The summed E-state index contributed by atoms with van der Waals surface area (Å²) in [6, 6.07) is -1.10. The molecule has 0 aromatic carbocycles. The number of esters is 1. The maximum atomic E-state index is 12.6. The predicted octanol–water partition coefficient (Wildman–Crippen LogP) is -0.0377. The van der Waals surface area contributed by atoms with E-state index in [-0.39, 0.29) is 25.4 Å². The van der Waals surface area contributed by atoms with E-state index < -0.39 is 97.3 Å². The number of carboxylic acids is 1. The number of hydrogen-bond acceptors (Lipinski definition) is 13. The Labute approximate surface area is 273 Å². The Kier molecular flexibility index (Phi) is 15.1. The Morgan fingerprint density at radius 2 is 1.55 bits per heavy atom. The zero-order valence-corrected chi connectivity index (χ0v) is 26.4. The minimum absolute atomic E-state index is 0.0692. The summed E-state index contributed by atoms with van der Waals surface area (Å²) < 4.78 is 22.2. The molecule has 0 aromatic rings. The van der Waals surface area contributed by atoms with Gasteiger partial charge in [0, 0.05) is 38.2 Å². The maximum absolute atomic E-state index is 12.6. The first-order chi connectivity index (χ1) is 22.3. The lowest BCUT2D eigenvalue weighted by Crippen LogP contribution is -2.61. The number of carbonyl (C=O) groups excluding carboxylic acids is 2. The molecule has 3 aliphatic heterocycles. The number of carbonyl (C=O) groups is 3. The molecule has 47 heavy (non-hydrogen) atoms. The van der Waals surface area contributed by atoms with Crippen molar-refractivity contribution < 1.29 is 64.0 Å². The standard InChI is InChI=1S/C33H47NO13/c1-18-10-8-6-4-3-5-7-9-11-22(46-33-31(41)29(34)30(40)19(2)45-33)17-24(38)28(32(42)43)23(37)15-20(35)14-21(36)16-26-25(47-26)12-13-27(39)44-18/h3-9,11-13,18-19,21-26,28-31,33,36-38,40-41H,10,14-17,34H2,1-2H3,(H,42,43)/b4-3+,7-5+,8-6+,11-9+,13-12+/t18-,19+,21+,22-,23-,24+,25+,26-,28-,29-,30-,31-,33+/m1/s1. The molecule has 0 unspecified atom stereocenters. The number of fused-ring (bicyclic) bond motifs is 1. The quantitative estimate of drug-likeness (QED) is 0.155. The zero-order chi connectivity index (χ0) is 34.7. The molecule has 14 heteroatoms. The predicted molar refractivity (Wildman–Crippen MR) is 166 cm³/mol. The summed E-state index contributed by atoms with van der Waals surface area (Å²) in [7, 11) is 0. The first-order valence-electron chi connectivity index (χ1n) is 15.7. The molecule has 8 N–H and O–H groups in total. The fraction of sp³-hybridized carbons (Fsp3) is 0.606. The number of ether oxygens (including phenoxy) is 4. The molecule has 262 valence electrons. The first kappa shape index (κ1) is 38.4. The molecular weight excluding hydrogens is 618 g/mol. The van der Waals surface area contributed by atoms with Gasteiger partial charge in [0.05, 0.1) is 48.8 Å². The lowest BCUT2D eigenvalue weighted by atomic mass is 9.88. The van der Waals surface area contributed by atoms with Crippen molar-refractivity contribution in [2.75, 3.05) is 0 Å². The van der Waals surface area contributed by atoms with Crippen LogP contribution >= 0.6 is 0 Å². The summed E-state index contributed by atoms with van der Waals surface area (Å²) in [5.74, 6) is -4.54. The van der Waals surface area contributed by atoms with Gasteiger partial charge in [-0.2, -0.15) is 0 Å². The summed E-state index contributed by atoms with van der Waals surface area (Å²) in [5, 5.41) is 62.6. The van der Waals surface area contributed by atoms with Crippen LogP contribution in [0.25, 0.3) is 0 Å². The normalized spacial score (nSPS) is 43.4. The van der Waals surface area contributed by atoms with Crippen molar-refractivity contribution in [3.05, 3.63) is 60.8 Å². The van der Waals surface area contributed by atoms with E-state index in [9.17, 15) is 45.0 Å². The van der Waals surface area contributed by atoms with Crippen LogP contribution in [0.2, 0.25) is 0 Å². The van der Waals surface area contributed by atoms with Crippen LogP contribution in [0.15, 0.2) is 60.8 Å². The van der Waals surface area contributed by atoms with Crippen molar-refractivity contribution in [1.82, 2.24) is 0 Å². The van der Waals surface area contributed by atoms with Crippen LogP contribution in [0.5, 0.6) is 0 Å². The highest BCUT2D eigenvalue weighted by Gasteiger charge is 2.43. The number of ketones is 1. The average Bonchev–Trinajstić information content (AvgIpc) is 3.72. The Morgan fingerprint density at radius 3 is 2.26 bits per heavy atom. The Balaban J connectivity index is 1.79. The molecule has 2 saturated heterocycles. The Hall–Kier alpha value is -3.05. The molecule has 0 aromatic heterocycles. The van der Waals surface area contributed by atoms with Gasteiger partial charge in [0.15, 0.2) is 6.29 Å². The molecule has 2 fully saturated rings. The second-order valence-electron chi connectivity index (χ2n) is 12.1. The van der Waals surface area contributed by atoms with Gasteiger partial charge in [-0.15, -0.1) is 0 Å². The van der Waals surface area contributed by atoms with Crippen LogP contribution in [0.4, 0.5) is 0 Å². The number of carboxylic acid groups (broad SMARTS) is 1. The molecule has 0 amide bonds. The number of aliphatic hydroxyl groups excluding tert-OH is 5. The minimum Gasteiger partial charge on any atom is -0.481 e. The van der Waals surface area contributed by atoms with Crippen LogP contribution in [-0.2, 0) is 33.3 Å². The third kappa shape index (κ3) is 12.5. The molecule has 3 aliphatic rings. The van der Waals surface area contributed by atoms with Crippen molar-refractivity contribution in [1.29, 1.82) is 0 Å². The van der Waals surface area contributed by atoms with Gasteiger partial charge in [0.1, 0.15) is 30.0 Å². The summed E-state index contributed by atoms with van der Waals surface area (Å²) in [6.45, 7) is 3.29. The number of nitrogens with two attached hydrogens (primary N) is 1. The first-order valence-corrected chi connectivity index (χ1v) is 15.7. The number of allylic oxidation sites excluding steroid dienone is 6. The second kappa shape index (κ2) is 18.5. The highest BCUT2D eigenvalue weighted by molar-refractivity contribution is 5.82. The van der Waals surface area contributed by atoms with Gasteiger partial charge in [-0.1, -0.05) is 48.6 Å². The number of hydrogen-bond donors (Lipinski definition) is 7. The molecule has 0 radical (unpaired) electrons. The Bertz CT molecular complexity index is 1200. The number of aliphatic carboxylic acids is 1. The van der Waals surface area contributed by atoms with Crippen molar-refractivity contribution in [3.63, 3.8) is 0 Å². The minimum atomic E-state index is -1.80. The van der Waals surface area contributed by atoms with Crippen molar-refractivity contribution in [2.45, 2.75) is 119 Å². The molecule has 3 rings (SSSR count). The highest BCUT2D eigenvalue weighted by atomic mass is 16.7. The molecule has 0 bridgehead atoms. The fourth-order valence-corrected chi connectivity index (χ4v) is 5.33. The van der Waals surface area contributed by atoms with Gasteiger partial charge in [0.2, 0.25) is 0 Å². The largest absolute Gasteiger partial charge is 0.481 e. The SMILES string of the molecule is C[C@@H]1C/C=C/C=C/C=C/C=C/[C@@H](O[C@@H]2O[C@@H](C)[C@@H](O)[C@@H](N)[C@H]2O)C[C@H](O)[C@H](C(=O)O)[C@H](O)CC(=O)C[C@H](O)C[C@H]2O[C@H]2/C=C/C(=O)O1. The third-order valence-electron chi connectivity index (χ3n) is 8.05. The van der Waals surface area contributed by atoms with Gasteiger partial charge in [0.25, 0.3) is 0 Å². The van der Waals surface area contributed by atoms with E-state index in [4.69, 9.17) is 24.7 Å². The van der Waals surface area contributed by atoms with Crippen molar-refractivity contribution >= 4 is 17.7 Å². The van der Waals surface area contributed by atoms with E-state index in [1.807, 2.05) is 6.08 Å². The van der Waals surface area contributed by atoms with E-state index in [1.165, 1.54) is 25.2 Å². The average molecular weight is 666 g/mol. The fourth-order valence-electron chi connectivity index (χ4n) is 5.33. The summed E-state index contributed by atoms with van der Waals surface area (Å²) in [6.07, 6.45) is 3.57. The van der Waals surface area contributed by atoms with Crippen molar-refractivity contribution in [3.8, 4) is 0 Å². The zero-order valence-electron chi connectivity index (χ0n) is 26.4. The molecule has 13 atom stereocenters. The van der Waals surface area contributed by atoms with E-state index in [0.717, 1.165) is 0 Å². The number of epoxide rings is 1. The second-order valence-corrected chi connectivity index (χ2v) is 12.1. The van der Waals surface area contributed by atoms with Gasteiger partial charge in [-0.3, -0.25) is 9.59 Å². The van der Waals surface area contributed by atoms with Crippen LogP contribution in [0.3, 0.4) is 0 Å². The number of cyclic esters (lactones) is 1. The van der Waals surface area contributed by atoms with Gasteiger partial charge >= 0.3 is 11.9 Å². The number of rotatable bonds is 3. The van der Waals surface area contributed by atoms with Gasteiger partial charge in [-0.05, 0) is 19.9 Å². The van der Waals surface area contributed by atoms with E-state index in [1.54, 1.807) is 43.4 Å². The van der Waals surface area contributed by atoms with Crippen LogP contribution in [-0.4, -0.2) is 122 Å². The van der Waals surface area contributed by atoms with Gasteiger partial charge in [-0.25, -0.2) is 4.79 Å².